The van der Waals surface area contributed by atoms with Crippen LogP contribution in [0.25, 0.3) is 6.08 Å². The zero-order valence-corrected chi connectivity index (χ0v) is 12.7. The highest BCUT2D eigenvalue weighted by molar-refractivity contribution is 9.10. The van der Waals surface area contributed by atoms with E-state index < -0.39 is 0 Å². The van der Waals surface area contributed by atoms with Gasteiger partial charge in [-0.1, -0.05) is 15.9 Å². The number of halogens is 1. The smallest absolute Gasteiger partial charge is 0.244 e. The van der Waals surface area contributed by atoms with Crippen molar-refractivity contribution in [3.63, 3.8) is 0 Å². The van der Waals surface area contributed by atoms with Crippen molar-refractivity contribution in [2.45, 2.75) is 26.3 Å². The molecule has 0 aliphatic carbocycles. The van der Waals surface area contributed by atoms with Gasteiger partial charge in [0.25, 0.3) is 0 Å². The first-order chi connectivity index (χ1) is 8.31. The number of rotatable bonds is 3. The number of carbonyl (C=O) groups excluding carboxylic acids is 1. The second-order valence-electron chi connectivity index (χ2n) is 4.96. The third-order valence-corrected chi connectivity index (χ3v) is 2.60. The zero-order chi connectivity index (χ0) is 13.8. The summed E-state index contributed by atoms with van der Waals surface area (Å²) in [5.74, 6) is 0.613. The Labute approximate surface area is 116 Å². The van der Waals surface area contributed by atoms with E-state index >= 15 is 0 Å². The minimum absolute atomic E-state index is 0.121. The van der Waals surface area contributed by atoms with Gasteiger partial charge in [0.15, 0.2) is 0 Å². The average Bonchev–Trinajstić information content (AvgIpc) is 2.24. The molecule has 0 aliphatic rings. The number of nitrogens with one attached hydrogen (secondary N) is 1. The quantitative estimate of drug-likeness (QED) is 0.869. The van der Waals surface area contributed by atoms with Crippen molar-refractivity contribution < 1.29 is 9.53 Å². The lowest BCUT2D eigenvalue weighted by atomic mass is 10.1. The molecule has 0 radical (unpaired) electrons. The van der Waals surface area contributed by atoms with E-state index in [-0.39, 0.29) is 11.4 Å². The van der Waals surface area contributed by atoms with Gasteiger partial charge in [-0.15, -0.1) is 0 Å². The van der Waals surface area contributed by atoms with Crippen molar-refractivity contribution in [2.24, 2.45) is 0 Å². The van der Waals surface area contributed by atoms with E-state index in [4.69, 9.17) is 4.74 Å². The number of ether oxygens (including phenoxy) is 1. The Kier molecular flexibility index (Phi) is 4.96. The highest BCUT2D eigenvalue weighted by Crippen LogP contribution is 2.24. The van der Waals surface area contributed by atoms with Gasteiger partial charge >= 0.3 is 0 Å². The maximum absolute atomic E-state index is 11.7. The van der Waals surface area contributed by atoms with Gasteiger partial charge in [-0.05, 0) is 45.0 Å². The molecule has 0 atom stereocenters. The molecule has 1 amide bonds. The van der Waals surface area contributed by atoms with Crippen LogP contribution in [0.1, 0.15) is 26.3 Å². The Morgan fingerprint density at radius 3 is 2.61 bits per heavy atom. The average molecular weight is 312 g/mol. The molecule has 3 nitrogen and oxygen atoms in total. The molecule has 0 unspecified atom stereocenters. The van der Waals surface area contributed by atoms with Crippen molar-refractivity contribution in [1.29, 1.82) is 0 Å². The van der Waals surface area contributed by atoms with Crippen LogP contribution in [-0.4, -0.2) is 18.6 Å². The molecule has 18 heavy (non-hydrogen) atoms. The molecule has 4 heteroatoms. The normalized spacial score (nSPS) is 11.6. The number of hydrogen-bond acceptors (Lipinski definition) is 2. The summed E-state index contributed by atoms with van der Waals surface area (Å²) in [5.41, 5.74) is 0.624. The summed E-state index contributed by atoms with van der Waals surface area (Å²) in [7, 11) is 1.61. The minimum Gasteiger partial charge on any atom is -0.496 e. The molecular formula is C14H18BrNO2. The lowest BCUT2D eigenvalue weighted by Gasteiger charge is -2.19. The summed E-state index contributed by atoms with van der Waals surface area (Å²) in [6, 6.07) is 5.65. The molecule has 1 aromatic carbocycles. The zero-order valence-electron chi connectivity index (χ0n) is 11.1. The lowest BCUT2D eigenvalue weighted by molar-refractivity contribution is -0.117. The number of methoxy groups -OCH3 is 1. The van der Waals surface area contributed by atoms with Crippen LogP contribution in [0, 0.1) is 0 Å². The molecule has 0 heterocycles. The van der Waals surface area contributed by atoms with Gasteiger partial charge < -0.3 is 10.1 Å². The van der Waals surface area contributed by atoms with E-state index in [2.05, 4.69) is 21.2 Å². The first-order valence-corrected chi connectivity index (χ1v) is 6.45. The summed E-state index contributed by atoms with van der Waals surface area (Å²) in [6.45, 7) is 5.83. The van der Waals surface area contributed by atoms with E-state index in [1.165, 1.54) is 6.08 Å². The second-order valence-corrected chi connectivity index (χ2v) is 5.87. The van der Waals surface area contributed by atoms with Crippen molar-refractivity contribution in [2.75, 3.05) is 7.11 Å². The fourth-order valence-corrected chi connectivity index (χ4v) is 1.79. The van der Waals surface area contributed by atoms with E-state index in [1.807, 2.05) is 39.0 Å². The van der Waals surface area contributed by atoms with Crippen LogP contribution in [0.4, 0.5) is 0 Å². The maximum Gasteiger partial charge on any atom is 0.244 e. The molecule has 0 spiro atoms. The molecule has 0 aliphatic heterocycles. The lowest BCUT2D eigenvalue weighted by Crippen LogP contribution is -2.39. The Balaban J connectivity index is 2.84. The topological polar surface area (TPSA) is 38.3 Å². The van der Waals surface area contributed by atoms with Crippen molar-refractivity contribution in [3.8, 4) is 5.75 Å². The fourth-order valence-electron chi connectivity index (χ4n) is 1.41. The fraction of sp³-hybridized carbons (Fsp3) is 0.357. The van der Waals surface area contributed by atoms with Gasteiger partial charge in [0.2, 0.25) is 5.91 Å². The first kappa shape index (κ1) is 14.8. The monoisotopic (exact) mass is 311 g/mol. The molecule has 0 fully saturated rings. The Bertz CT molecular complexity index is 461. The third-order valence-electron chi connectivity index (χ3n) is 2.10. The minimum atomic E-state index is -0.233. The van der Waals surface area contributed by atoms with Gasteiger partial charge in [0, 0.05) is 21.7 Å². The number of hydrogen-bond donors (Lipinski definition) is 1. The molecule has 0 saturated heterocycles. The molecule has 1 aromatic rings. The van der Waals surface area contributed by atoms with Crippen LogP contribution >= 0.6 is 15.9 Å². The van der Waals surface area contributed by atoms with Crippen LogP contribution in [0.5, 0.6) is 5.75 Å². The van der Waals surface area contributed by atoms with E-state index in [0.29, 0.717) is 0 Å². The summed E-state index contributed by atoms with van der Waals surface area (Å²) >= 11 is 3.39. The van der Waals surface area contributed by atoms with Crippen molar-refractivity contribution >= 4 is 27.9 Å². The molecule has 1 N–H and O–H groups in total. The van der Waals surface area contributed by atoms with Crippen LogP contribution in [0.15, 0.2) is 28.7 Å². The van der Waals surface area contributed by atoms with Gasteiger partial charge in [0.05, 0.1) is 7.11 Å². The molecular weight excluding hydrogens is 294 g/mol. The van der Waals surface area contributed by atoms with Gasteiger partial charge in [-0.3, -0.25) is 4.79 Å². The molecule has 1 rings (SSSR count). The highest BCUT2D eigenvalue weighted by Gasteiger charge is 2.11. The summed E-state index contributed by atoms with van der Waals surface area (Å²) < 4.78 is 6.17. The summed E-state index contributed by atoms with van der Waals surface area (Å²) in [6.07, 6.45) is 3.25. The van der Waals surface area contributed by atoms with E-state index in [9.17, 15) is 4.79 Å². The summed E-state index contributed by atoms with van der Waals surface area (Å²) in [4.78, 5) is 11.7. The maximum atomic E-state index is 11.7. The van der Waals surface area contributed by atoms with Crippen LogP contribution in [-0.2, 0) is 4.79 Å². The SMILES string of the molecule is COc1ccc(Br)cc1/C=C\C(=O)NC(C)(C)C. The van der Waals surface area contributed by atoms with Crippen LogP contribution < -0.4 is 10.1 Å². The van der Waals surface area contributed by atoms with Crippen molar-refractivity contribution in [3.05, 3.63) is 34.3 Å². The van der Waals surface area contributed by atoms with Crippen molar-refractivity contribution in [1.82, 2.24) is 5.32 Å². The second kappa shape index (κ2) is 6.05. The van der Waals surface area contributed by atoms with E-state index in [0.717, 1.165) is 15.8 Å². The Hall–Kier alpha value is -1.29. The predicted molar refractivity (Wildman–Crippen MR) is 77.6 cm³/mol. The first-order valence-electron chi connectivity index (χ1n) is 5.65. The largest absolute Gasteiger partial charge is 0.496 e. The van der Waals surface area contributed by atoms with Gasteiger partial charge in [0.1, 0.15) is 5.75 Å². The van der Waals surface area contributed by atoms with Gasteiger partial charge in [-0.25, -0.2) is 0 Å². The molecule has 0 bridgehead atoms. The van der Waals surface area contributed by atoms with Crippen LogP contribution in [0.3, 0.4) is 0 Å². The summed E-state index contributed by atoms with van der Waals surface area (Å²) in [5, 5.41) is 2.86. The Morgan fingerprint density at radius 1 is 1.39 bits per heavy atom. The van der Waals surface area contributed by atoms with Gasteiger partial charge in [-0.2, -0.15) is 0 Å². The number of benzene rings is 1. The standard InChI is InChI=1S/C14H18BrNO2/c1-14(2,3)16-13(17)8-5-10-9-11(15)6-7-12(10)18-4/h5-9H,1-4H3,(H,16,17)/b8-5-. The van der Waals surface area contributed by atoms with Crippen LogP contribution in [0.2, 0.25) is 0 Å². The number of amides is 1. The highest BCUT2D eigenvalue weighted by atomic mass is 79.9. The molecule has 0 saturated carbocycles. The molecule has 0 aromatic heterocycles. The Morgan fingerprint density at radius 2 is 2.06 bits per heavy atom. The third kappa shape index (κ3) is 4.92. The van der Waals surface area contributed by atoms with E-state index in [1.54, 1.807) is 13.2 Å². The predicted octanol–water partition coefficient (Wildman–Crippen LogP) is 3.39. The number of carbonyl (C=O) groups is 1. The molecule has 98 valence electrons.